The van der Waals surface area contributed by atoms with Gasteiger partial charge in [-0.25, -0.2) is 4.98 Å². The highest BCUT2D eigenvalue weighted by atomic mass is 16.3. The van der Waals surface area contributed by atoms with Gasteiger partial charge in [0, 0.05) is 18.8 Å². The molecule has 1 amide bonds. The van der Waals surface area contributed by atoms with Gasteiger partial charge in [-0.2, -0.15) is 0 Å². The first-order chi connectivity index (χ1) is 8.17. The van der Waals surface area contributed by atoms with Crippen LogP contribution in [0.15, 0.2) is 18.2 Å². The zero-order chi connectivity index (χ0) is 12.7. The maximum absolute atomic E-state index is 11.8. The topological polar surface area (TPSA) is 62.2 Å². The van der Waals surface area contributed by atoms with Crippen LogP contribution in [0.4, 0.5) is 0 Å². The fourth-order valence-electron chi connectivity index (χ4n) is 1.63. The van der Waals surface area contributed by atoms with Crippen LogP contribution in [-0.4, -0.2) is 29.1 Å². The summed E-state index contributed by atoms with van der Waals surface area (Å²) >= 11 is 0. The zero-order valence-electron chi connectivity index (χ0n) is 10.4. The lowest BCUT2D eigenvalue weighted by molar-refractivity contribution is 0.0938. The van der Waals surface area contributed by atoms with Gasteiger partial charge in [0.25, 0.3) is 5.91 Å². The number of hydrogen-bond acceptors (Lipinski definition) is 3. The van der Waals surface area contributed by atoms with Gasteiger partial charge in [-0.05, 0) is 31.4 Å². The first-order valence-corrected chi connectivity index (χ1v) is 6.00. The largest absolute Gasteiger partial charge is 0.396 e. The van der Waals surface area contributed by atoms with Crippen LogP contribution in [0, 0.1) is 12.8 Å². The van der Waals surface area contributed by atoms with E-state index in [1.54, 1.807) is 6.07 Å². The normalized spacial score (nSPS) is 12.2. The van der Waals surface area contributed by atoms with E-state index in [1.807, 2.05) is 19.1 Å². The van der Waals surface area contributed by atoms with Crippen LogP contribution < -0.4 is 5.32 Å². The lowest BCUT2D eigenvalue weighted by Gasteiger charge is -2.14. The maximum Gasteiger partial charge on any atom is 0.269 e. The van der Waals surface area contributed by atoms with Gasteiger partial charge in [-0.3, -0.25) is 4.79 Å². The van der Waals surface area contributed by atoms with Crippen molar-refractivity contribution in [3.05, 3.63) is 29.6 Å². The minimum absolute atomic E-state index is 0.148. The molecule has 4 nitrogen and oxygen atoms in total. The number of aliphatic hydroxyl groups excluding tert-OH is 1. The number of pyridine rings is 1. The molecule has 1 heterocycles. The van der Waals surface area contributed by atoms with Crippen LogP contribution in [0.5, 0.6) is 0 Å². The fourth-order valence-corrected chi connectivity index (χ4v) is 1.63. The Morgan fingerprint density at radius 1 is 1.53 bits per heavy atom. The Labute approximate surface area is 102 Å². The number of hydrogen-bond donors (Lipinski definition) is 2. The molecule has 0 bridgehead atoms. The highest BCUT2D eigenvalue weighted by Crippen LogP contribution is 2.06. The zero-order valence-corrected chi connectivity index (χ0v) is 10.4. The summed E-state index contributed by atoms with van der Waals surface area (Å²) in [6.45, 7) is 4.66. The molecule has 0 aromatic carbocycles. The van der Waals surface area contributed by atoms with E-state index in [-0.39, 0.29) is 12.5 Å². The van der Waals surface area contributed by atoms with Crippen molar-refractivity contribution in [2.45, 2.75) is 26.7 Å². The van der Waals surface area contributed by atoms with E-state index in [2.05, 4.69) is 17.2 Å². The number of aliphatic hydroxyl groups is 1. The maximum atomic E-state index is 11.8. The molecule has 2 N–H and O–H groups in total. The summed E-state index contributed by atoms with van der Waals surface area (Å²) in [6, 6.07) is 5.38. The SMILES string of the molecule is CCC(CCO)CNC(=O)c1cccc(C)n1. The van der Waals surface area contributed by atoms with Crippen molar-refractivity contribution in [1.29, 1.82) is 0 Å². The molecule has 4 heteroatoms. The fraction of sp³-hybridized carbons (Fsp3) is 0.538. The third-order valence-corrected chi connectivity index (χ3v) is 2.79. The Kier molecular flexibility index (Phi) is 5.63. The number of carbonyl (C=O) groups is 1. The smallest absolute Gasteiger partial charge is 0.269 e. The summed E-state index contributed by atoms with van der Waals surface area (Å²) in [6.07, 6.45) is 1.67. The third-order valence-electron chi connectivity index (χ3n) is 2.79. The average Bonchev–Trinajstić information content (AvgIpc) is 2.34. The van der Waals surface area contributed by atoms with Gasteiger partial charge >= 0.3 is 0 Å². The Balaban J connectivity index is 2.49. The highest BCUT2D eigenvalue weighted by molar-refractivity contribution is 5.92. The molecule has 94 valence electrons. The summed E-state index contributed by atoms with van der Waals surface area (Å²) in [5.41, 5.74) is 1.28. The first kappa shape index (κ1) is 13.6. The molecule has 1 atom stereocenters. The summed E-state index contributed by atoms with van der Waals surface area (Å²) in [4.78, 5) is 15.9. The molecule has 1 aromatic rings. The second-order valence-corrected chi connectivity index (χ2v) is 4.16. The summed E-state index contributed by atoms with van der Waals surface area (Å²) in [5.74, 6) is 0.179. The summed E-state index contributed by atoms with van der Waals surface area (Å²) in [7, 11) is 0. The lowest BCUT2D eigenvalue weighted by atomic mass is 10.0. The second kappa shape index (κ2) is 7.01. The van der Waals surface area contributed by atoms with Crippen molar-refractivity contribution in [3.63, 3.8) is 0 Å². The van der Waals surface area contributed by atoms with E-state index in [4.69, 9.17) is 5.11 Å². The van der Waals surface area contributed by atoms with Crippen LogP contribution in [-0.2, 0) is 0 Å². The quantitative estimate of drug-likeness (QED) is 0.787. The van der Waals surface area contributed by atoms with Crippen molar-refractivity contribution in [1.82, 2.24) is 10.3 Å². The number of aromatic nitrogens is 1. The first-order valence-electron chi connectivity index (χ1n) is 6.00. The molecule has 0 aliphatic rings. The molecule has 0 saturated carbocycles. The molecule has 0 spiro atoms. The van der Waals surface area contributed by atoms with Crippen molar-refractivity contribution < 1.29 is 9.90 Å². The Morgan fingerprint density at radius 2 is 2.29 bits per heavy atom. The third kappa shape index (κ3) is 4.53. The average molecular weight is 236 g/mol. The van der Waals surface area contributed by atoms with E-state index >= 15 is 0 Å². The van der Waals surface area contributed by atoms with Crippen molar-refractivity contribution in [2.24, 2.45) is 5.92 Å². The Hall–Kier alpha value is -1.42. The van der Waals surface area contributed by atoms with Crippen molar-refractivity contribution >= 4 is 5.91 Å². The molecule has 1 rings (SSSR count). The standard InChI is InChI=1S/C13H20N2O2/c1-3-11(7-8-16)9-14-13(17)12-6-4-5-10(2)15-12/h4-6,11,16H,3,7-9H2,1-2H3,(H,14,17). The molecule has 0 saturated heterocycles. The summed E-state index contributed by atoms with van der Waals surface area (Å²) in [5, 5.41) is 11.7. The van der Waals surface area contributed by atoms with Gasteiger partial charge in [0.15, 0.2) is 0 Å². The van der Waals surface area contributed by atoms with Gasteiger partial charge in [0.1, 0.15) is 5.69 Å². The van der Waals surface area contributed by atoms with E-state index < -0.39 is 0 Å². The van der Waals surface area contributed by atoms with Crippen LogP contribution in [0.2, 0.25) is 0 Å². The van der Waals surface area contributed by atoms with Gasteiger partial charge in [0.05, 0.1) is 0 Å². The van der Waals surface area contributed by atoms with Crippen LogP contribution >= 0.6 is 0 Å². The minimum Gasteiger partial charge on any atom is -0.396 e. The lowest BCUT2D eigenvalue weighted by Crippen LogP contribution is -2.30. The van der Waals surface area contributed by atoms with Crippen LogP contribution in [0.3, 0.4) is 0 Å². The predicted octanol–water partition coefficient (Wildman–Crippen LogP) is 1.53. The van der Waals surface area contributed by atoms with E-state index in [1.165, 1.54) is 0 Å². The van der Waals surface area contributed by atoms with Crippen LogP contribution in [0.25, 0.3) is 0 Å². The number of nitrogens with one attached hydrogen (secondary N) is 1. The minimum atomic E-state index is -0.148. The van der Waals surface area contributed by atoms with Crippen molar-refractivity contribution in [3.8, 4) is 0 Å². The molecular weight excluding hydrogens is 216 g/mol. The number of aryl methyl sites for hydroxylation is 1. The monoisotopic (exact) mass is 236 g/mol. The molecule has 0 aliphatic carbocycles. The molecule has 17 heavy (non-hydrogen) atoms. The van der Waals surface area contributed by atoms with Crippen molar-refractivity contribution in [2.75, 3.05) is 13.2 Å². The Morgan fingerprint density at radius 3 is 2.88 bits per heavy atom. The number of carbonyl (C=O) groups excluding carboxylic acids is 1. The van der Waals surface area contributed by atoms with Crippen LogP contribution in [0.1, 0.15) is 35.9 Å². The molecular formula is C13H20N2O2. The van der Waals surface area contributed by atoms with Gasteiger partial charge in [0.2, 0.25) is 0 Å². The second-order valence-electron chi connectivity index (χ2n) is 4.16. The number of nitrogens with zero attached hydrogens (tertiary/aromatic N) is 1. The predicted molar refractivity (Wildman–Crippen MR) is 66.8 cm³/mol. The molecule has 1 aromatic heterocycles. The summed E-state index contributed by atoms with van der Waals surface area (Å²) < 4.78 is 0. The molecule has 0 radical (unpaired) electrons. The molecule has 0 aliphatic heterocycles. The highest BCUT2D eigenvalue weighted by Gasteiger charge is 2.10. The molecule has 1 unspecified atom stereocenters. The Bertz CT molecular complexity index is 366. The number of rotatable bonds is 6. The molecule has 0 fully saturated rings. The number of amides is 1. The van der Waals surface area contributed by atoms with Gasteiger partial charge in [-0.15, -0.1) is 0 Å². The van der Waals surface area contributed by atoms with E-state index in [9.17, 15) is 4.79 Å². The van der Waals surface area contributed by atoms with E-state index in [0.717, 1.165) is 18.5 Å². The van der Waals surface area contributed by atoms with Gasteiger partial charge in [-0.1, -0.05) is 19.4 Å². The van der Waals surface area contributed by atoms with E-state index in [0.29, 0.717) is 18.2 Å². The van der Waals surface area contributed by atoms with Gasteiger partial charge < -0.3 is 10.4 Å².